The molecular formula is C15H21F2NO. The zero-order valence-electron chi connectivity index (χ0n) is 11.2. The molecule has 106 valence electrons. The van der Waals surface area contributed by atoms with Crippen LogP contribution >= 0.6 is 0 Å². The number of nitrogens with one attached hydrogen (secondary N) is 1. The Morgan fingerprint density at radius 3 is 2.63 bits per heavy atom. The van der Waals surface area contributed by atoms with Crippen molar-refractivity contribution in [1.82, 2.24) is 5.32 Å². The number of aliphatic hydroxyl groups excluding tert-OH is 1. The predicted molar refractivity (Wildman–Crippen MR) is 70.7 cm³/mol. The molecule has 1 aliphatic carbocycles. The van der Waals surface area contributed by atoms with Crippen LogP contribution in [0.1, 0.15) is 44.3 Å². The molecule has 2 rings (SSSR count). The van der Waals surface area contributed by atoms with Crippen LogP contribution in [0.15, 0.2) is 18.2 Å². The summed E-state index contributed by atoms with van der Waals surface area (Å²) in [5.41, 5.74) is 0.146. The third-order valence-electron chi connectivity index (χ3n) is 4.06. The molecule has 1 fully saturated rings. The lowest BCUT2D eigenvalue weighted by Gasteiger charge is -2.22. The van der Waals surface area contributed by atoms with Crippen molar-refractivity contribution in [1.29, 1.82) is 0 Å². The van der Waals surface area contributed by atoms with Gasteiger partial charge in [-0.3, -0.25) is 0 Å². The molecule has 1 aromatic rings. The molecule has 0 radical (unpaired) electrons. The lowest BCUT2D eigenvalue weighted by molar-refractivity contribution is 0.161. The van der Waals surface area contributed by atoms with Crippen LogP contribution in [0.5, 0.6) is 0 Å². The standard InChI is InChI=1S/C15H21F2NO/c1-10(11-4-2-3-5-11)18-9-15(19)13-7-6-12(16)8-14(13)17/h6-8,10-11,15,18-19H,2-5,9H2,1H3/t10-,15?/m1/s1. The van der Waals surface area contributed by atoms with Crippen LogP contribution < -0.4 is 5.32 Å². The van der Waals surface area contributed by atoms with E-state index in [0.717, 1.165) is 6.07 Å². The fourth-order valence-corrected chi connectivity index (χ4v) is 2.80. The van der Waals surface area contributed by atoms with E-state index in [0.29, 0.717) is 18.5 Å². The SMILES string of the molecule is C[C@@H](NCC(O)c1ccc(F)cc1F)C1CCCC1. The summed E-state index contributed by atoms with van der Waals surface area (Å²) in [6, 6.07) is 3.60. The summed E-state index contributed by atoms with van der Waals surface area (Å²) >= 11 is 0. The Hall–Kier alpha value is -1.00. The highest BCUT2D eigenvalue weighted by Gasteiger charge is 2.22. The van der Waals surface area contributed by atoms with Crippen molar-refractivity contribution in [2.24, 2.45) is 5.92 Å². The first-order valence-corrected chi connectivity index (χ1v) is 6.94. The molecule has 2 N–H and O–H groups in total. The summed E-state index contributed by atoms with van der Waals surface area (Å²) in [6.07, 6.45) is 4.03. The second kappa shape index (κ2) is 6.44. The van der Waals surface area contributed by atoms with Gasteiger partial charge in [-0.15, -0.1) is 0 Å². The van der Waals surface area contributed by atoms with Crippen molar-refractivity contribution in [3.05, 3.63) is 35.4 Å². The molecule has 0 aromatic heterocycles. The highest BCUT2D eigenvalue weighted by Crippen LogP contribution is 2.27. The van der Waals surface area contributed by atoms with Crippen molar-refractivity contribution in [2.45, 2.75) is 44.8 Å². The molecule has 2 atom stereocenters. The van der Waals surface area contributed by atoms with Crippen LogP contribution in [-0.4, -0.2) is 17.7 Å². The Morgan fingerprint density at radius 1 is 1.32 bits per heavy atom. The minimum absolute atomic E-state index is 0.146. The van der Waals surface area contributed by atoms with Gasteiger partial charge >= 0.3 is 0 Å². The fourth-order valence-electron chi connectivity index (χ4n) is 2.80. The highest BCUT2D eigenvalue weighted by molar-refractivity contribution is 5.21. The second-order valence-electron chi connectivity index (χ2n) is 5.42. The lowest BCUT2D eigenvalue weighted by Crippen LogP contribution is -2.35. The van der Waals surface area contributed by atoms with Crippen LogP contribution in [0.4, 0.5) is 8.78 Å². The maximum absolute atomic E-state index is 13.5. The number of hydrogen-bond donors (Lipinski definition) is 2. The highest BCUT2D eigenvalue weighted by atomic mass is 19.1. The molecule has 1 aliphatic rings. The molecule has 0 aliphatic heterocycles. The van der Waals surface area contributed by atoms with Crippen molar-refractivity contribution in [3.8, 4) is 0 Å². The number of halogens is 2. The molecule has 1 unspecified atom stereocenters. The molecule has 4 heteroatoms. The normalized spacial score (nSPS) is 19.6. The van der Waals surface area contributed by atoms with Crippen molar-refractivity contribution < 1.29 is 13.9 Å². The third-order valence-corrected chi connectivity index (χ3v) is 4.06. The molecule has 0 heterocycles. The Bertz CT molecular complexity index is 419. The van der Waals surface area contributed by atoms with Crippen molar-refractivity contribution in [3.63, 3.8) is 0 Å². The predicted octanol–water partition coefficient (Wildman–Crippen LogP) is 3.17. The first-order chi connectivity index (χ1) is 9.08. The van der Waals surface area contributed by atoms with Gasteiger partial charge in [-0.05, 0) is 31.7 Å². The lowest BCUT2D eigenvalue weighted by atomic mass is 9.99. The first-order valence-electron chi connectivity index (χ1n) is 6.94. The van der Waals surface area contributed by atoms with Gasteiger partial charge in [0.05, 0.1) is 6.10 Å². The molecule has 1 aromatic carbocycles. The molecule has 19 heavy (non-hydrogen) atoms. The number of aliphatic hydroxyl groups is 1. The Kier molecular flexibility index (Phi) is 4.88. The van der Waals surface area contributed by atoms with E-state index < -0.39 is 17.7 Å². The van der Waals surface area contributed by atoms with Crippen LogP contribution in [0.3, 0.4) is 0 Å². The van der Waals surface area contributed by atoms with E-state index in [1.165, 1.54) is 37.8 Å². The van der Waals surface area contributed by atoms with Gasteiger partial charge < -0.3 is 10.4 Å². The van der Waals surface area contributed by atoms with Crippen molar-refractivity contribution >= 4 is 0 Å². The number of hydrogen-bond acceptors (Lipinski definition) is 2. The van der Waals surface area contributed by atoms with E-state index >= 15 is 0 Å². The summed E-state index contributed by atoms with van der Waals surface area (Å²) < 4.78 is 26.3. The van der Waals surface area contributed by atoms with Crippen molar-refractivity contribution in [2.75, 3.05) is 6.54 Å². The molecule has 1 saturated carbocycles. The van der Waals surface area contributed by atoms with E-state index in [4.69, 9.17) is 0 Å². The van der Waals surface area contributed by atoms with Gasteiger partial charge in [-0.2, -0.15) is 0 Å². The van der Waals surface area contributed by atoms with Gasteiger partial charge in [0.2, 0.25) is 0 Å². The Labute approximate surface area is 112 Å². The summed E-state index contributed by atoms with van der Waals surface area (Å²) in [5, 5.41) is 13.2. The number of benzene rings is 1. The Balaban J connectivity index is 1.88. The van der Waals surface area contributed by atoms with Gasteiger partial charge in [-0.1, -0.05) is 18.9 Å². The molecule has 0 bridgehead atoms. The monoisotopic (exact) mass is 269 g/mol. The van der Waals surface area contributed by atoms with E-state index in [2.05, 4.69) is 12.2 Å². The van der Waals surface area contributed by atoms with Gasteiger partial charge in [0, 0.05) is 24.2 Å². The quantitative estimate of drug-likeness (QED) is 0.860. The van der Waals surface area contributed by atoms with Crippen LogP contribution in [0, 0.1) is 17.6 Å². The largest absolute Gasteiger partial charge is 0.387 e. The maximum Gasteiger partial charge on any atom is 0.131 e. The second-order valence-corrected chi connectivity index (χ2v) is 5.42. The maximum atomic E-state index is 13.5. The Morgan fingerprint density at radius 2 is 2.00 bits per heavy atom. The molecule has 0 saturated heterocycles. The minimum Gasteiger partial charge on any atom is -0.387 e. The summed E-state index contributed by atoms with van der Waals surface area (Å²) in [4.78, 5) is 0. The van der Waals surface area contributed by atoms with Crippen LogP contribution in [-0.2, 0) is 0 Å². The first kappa shape index (κ1) is 14.4. The van der Waals surface area contributed by atoms with Crippen LogP contribution in [0.25, 0.3) is 0 Å². The minimum atomic E-state index is -0.940. The topological polar surface area (TPSA) is 32.3 Å². The average Bonchev–Trinajstić information content (AvgIpc) is 2.89. The van der Waals surface area contributed by atoms with E-state index in [9.17, 15) is 13.9 Å². The van der Waals surface area contributed by atoms with Gasteiger partial charge in [0.1, 0.15) is 11.6 Å². The van der Waals surface area contributed by atoms with Gasteiger partial charge in [0.25, 0.3) is 0 Å². The molecular weight excluding hydrogens is 248 g/mol. The summed E-state index contributed by atoms with van der Waals surface area (Å²) in [5.74, 6) is -0.672. The average molecular weight is 269 g/mol. The molecule has 0 amide bonds. The van der Waals surface area contributed by atoms with Gasteiger partial charge in [-0.25, -0.2) is 8.78 Å². The van der Waals surface area contributed by atoms with E-state index in [-0.39, 0.29) is 5.56 Å². The fraction of sp³-hybridized carbons (Fsp3) is 0.600. The zero-order chi connectivity index (χ0) is 13.8. The third kappa shape index (κ3) is 3.74. The zero-order valence-corrected chi connectivity index (χ0v) is 11.2. The number of rotatable bonds is 5. The molecule has 0 spiro atoms. The summed E-state index contributed by atoms with van der Waals surface area (Å²) in [6.45, 7) is 2.39. The van der Waals surface area contributed by atoms with E-state index in [1.54, 1.807) is 0 Å². The van der Waals surface area contributed by atoms with Crippen LogP contribution in [0.2, 0.25) is 0 Å². The smallest absolute Gasteiger partial charge is 0.131 e. The summed E-state index contributed by atoms with van der Waals surface area (Å²) in [7, 11) is 0. The molecule has 2 nitrogen and oxygen atoms in total. The van der Waals surface area contributed by atoms with E-state index in [1.807, 2.05) is 0 Å². The van der Waals surface area contributed by atoms with Gasteiger partial charge in [0.15, 0.2) is 0 Å².